The number of methoxy groups -OCH3 is 1. The highest BCUT2D eigenvalue weighted by Crippen LogP contribution is 2.41. The molecule has 1 aliphatic rings. The number of nitrogens with one attached hydrogen (secondary N) is 1. The van der Waals surface area contributed by atoms with Gasteiger partial charge in [0.2, 0.25) is 0 Å². The maximum Gasteiger partial charge on any atom is 0.255 e. The Hall–Kier alpha value is -3.61. The maximum absolute atomic E-state index is 13.2. The quantitative estimate of drug-likeness (QED) is 0.392. The number of anilines is 1. The van der Waals surface area contributed by atoms with E-state index in [4.69, 9.17) is 9.15 Å². The van der Waals surface area contributed by atoms with Crippen LogP contribution in [0, 0.1) is 0 Å². The molecule has 1 aliphatic heterocycles. The zero-order valence-electron chi connectivity index (χ0n) is 20.2. The minimum absolute atomic E-state index is 0.140. The number of nitrogens with zero attached hydrogens (tertiary/aromatic N) is 2. The minimum Gasteiger partial charge on any atom is -0.497 e. The van der Waals surface area contributed by atoms with Crippen molar-refractivity contribution < 1.29 is 13.9 Å². The number of likely N-dealkylation sites (N-methyl/N-ethyl adjacent to an activating group) is 1. The third-order valence-electron chi connectivity index (χ3n) is 6.80. The first kappa shape index (κ1) is 23.1. The van der Waals surface area contributed by atoms with Gasteiger partial charge in [-0.15, -0.1) is 0 Å². The molecule has 2 heterocycles. The van der Waals surface area contributed by atoms with Crippen LogP contribution in [0.15, 0.2) is 83.3 Å². The summed E-state index contributed by atoms with van der Waals surface area (Å²) in [6.45, 7) is 7.06. The van der Waals surface area contributed by atoms with E-state index in [1.165, 1.54) is 0 Å². The van der Waals surface area contributed by atoms with E-state index in [1.807, 2.05) is 66.7 Å². The molecule has 0 saturated carbocycles. The van der Waals surface area contributed by atoms with Crippen molar-refractivity contribution in [2.45, 2.75) is 13.0 Å². The number of hydrogen-bond acceptors (Lipinski definition) is 5. The zero-order chi connectivity index (χ0) is 24.2. The highest BCUT2D eigenvalue weighted by Gasteiger charge is 2.32. The summed E-state index contributed by atoms with van der Waals surface area (Å²) in [4.78, 5) is 18.1. The predicted molar refractivity (Wildman–Crippen MR) is 139 cm³/mol. The Kier molecular flexibility index (Phi) is 6.84. The molecule has 1 N–H and O–H groups in total. The van der Waals surface area contributed by atoms with Crippen molar-refractivity contribution in [2.24, 2.45) is 0 Å². The van der Waals surface area contributed by atoms with Crippen LogP contribution in [0.1, 0.15) is 34.6 Å². The number of benzene rings is 3. The van der Waals surface area contributed by atoms with Gasteiger partial charge < -0.3 is 19.4 Å². The van der Waals surface area contributed by atoms with E-state index in [0.717, 1.165) is 66.5 Å². The van der Waals surface area contributed by atoms with E-state index in [9.17, 15) is 4.79 Å². The summed E-state index contributed by atoms with van der Waals surface area (Å²) >= 11 is 0. The number of ether oxygens (including phenoxy) is 1. The molecule has 0 spiro atoms. The third kappa shape index (κ3) is 4.81. The number of carbonyl (C=O) groups excluding carboxylic acids is 1. The fourth-order valence-corrected chi connectivity index (χ4v) is 4.81. The van der Waals surface area contributed by atoms with Gasteiger partial charge in [-0.25, -0.2) is 0 Å². The number of para-hydroxylation sites is 1. The Labute approximate surface area is 206 Å². The van der Waals surface area contributed by atoms with Crippen LogP contribution in [-0.2, 0) is 0 Å². The Morgan fingerprint density at radius 2 is 1.63 bits per heavy atom. The minimum atomic E-state index is -0.150. The van der Waals surface area contributed by atoms with Crippen LogP contribution >= 0.6 is 0 Å². The summed E-state index contributed by atoms with van der Waals surface area (Å²) in [5.74, 6) is 1.42. The summed E-state index contributed by atoms with van der Waals surface area (Å²) in [6, 6.07) is 25.2. The number of piperazine rings is 1. The van der Waals surface area contributed by atoms with Crippen molar-refractivity contribution in [1.29, 1.82) is 0 Å². The Morgan fingerprint density at radius 1 is 0.943 bits per heavy atom. The van der Waals surface area contributed by atoms with Crippen LogP contribution in [-0.4, -0.2) is 55.5 Å². The van der Waals surface area contributed by atoms with Gasteiger partial charge in [0.1, 0.15) is 17.1 Å². The monoisotopic (exact) mass is 469 g/mol. The van der Waals surface area contributed by atoms with Crippen molar-refractivity contribution in [3.63, 3.8) is 0 Å². The van der Waals surface area contributed by atoms with Gasteiger partial charge in [-0.2, -0.15) is 0 Å². The lowest BCUT2D eigenvalue weighted by atomic mass is 9.99. The van der Waals surface area contributed by atoms with Crippen LogP contribution < -0.4 is 10.1 Å². The highest BCUT2D eigenvalue weighted by molar-refractivity contribution is 6.09. The number of hydrogen-bond donors (Lipinski definition) is 1. The second-order valence-corrected chi connectivity index (χ2v) is 8.80. The highest BCUT2D eigenvalue weighted by atomic mass is 16.5. The van der Waals surface area contributed by atoms with Crippen molar-refractivity contribution in [3.8, 4) is 5.75 Å². The standard InChI is InChI=1S/C29H31N3O3/c1-3-31-17-19-32(20-18-31)27(21-13-15-23(34-2)16-14-21)28-26(24-11-7-8-12-25(24)35-28)30-29(33)22-9-5-4-6-10-22/h4-16,27H,3,17-20H2,1-2H3,(H,30,33)/t27-/m1/s1. The lowest BCUT2D eigenvalue weighted by molar-refractivity contribution is 0.102. The first-order chi connectivity index (χ1) is 17.2. The molecule has 3 aromatic carbocycles. The van der Waals surface area contributed by atoms with Gasteiger partial charge in [0.25, 0.3) is 5.91 Å². The molecule has 35 heavy (non-hydrogen) atoms. The molecule has 1 aromatic heterocycles. The van der Waals surface area contributed by atoms with Crippen LogP contribution in [0.2, 0.25) is 0 Å². The third-order valence-corrected chi connectivity index (χ3v) is 6.80. The Bertz CT molecular complexity index is 1280. The van der Waals surface area contributed by atoms with Crippen molar-refractivity contribution in [3.05, 3.63) is 95.7 Å². The molecule has 180 valence electrons. The van der Waals surface area contributed by atoms with Crippen molar-refractivity contribution in [2.75, 3.05) is 45.2 Å². The van der Waals surface area contributed by atoms with E-state index >= 15 is 0 Å². The van der Waals surface area contributed by atoms with Crippen molar-refractivity contribution in [1.82, 2.24) is 9.80 Å². The summed E-state index contributed by atoms with van der Waals surface area (Å²) in [6.07, 6.45) is 0. The van der Waals surface area contributed by atoms with E-state index in [2.05, 4.69) is 34.2 Å². The molecule has 0 aliphatic carbocycles. The summed E-state index contributed by atoms with van der Waals surface area (Å²) in [5, 5.41) is 4.09. The topological polar surface area (TPSA) is 58.0 Å². The molecule has 1 fully saturated rings. The Morgan fingerprint density at radius 3 is 2.31 bits per heavy atom. The second kappa shape index (κ2) is 10.3. The van der Waals surface area contributed by atoms with E-state index in [0.29, 0.717) is 5.56 Å². The molecule has 6 nitrogen and oxygen atoms in total. The molecular weight excluding hydrogens is 438 g/mol. The molecule has 1 saturated heterocycles. The molecule has 1 atom stereocenters. The molecule has 1 amide bonds. The van der Waals surface area contributed by atoms with Gasteiger partial charge in [-0.3, -0.25) is 9.69 Å². The molecule has 4 aromatic rings. The van der Waals surface area contributed by atoms with Gasteiger partial charge in [-0.1, -0.05) is 49.4 Å². The average molecular weight is 470 g/mol. The van der Waals surface area contributed by atoms with Crippen molar-refractivity contribution >= 4 is 22.6 Å². The van der Waals surface area contributed by atoms with Crippen LogP contribution in [0.5, 0.6) is 5.75 Å². The van der Waals surface area contributed by atoms with E-state index in [1.54, 1.807) is 7.11 Å². The van der Waals surface area contributed by atoms with Gasteiger partial charge in [-0.05, 0) is 48.5 Å². The smallest absolute Gasteiger partial charge is 0.255 e. The number of furan rings is 1. The van der Waals surface area contributed by atoms with E-state index < -0.39 is 0 Å². The number of rotatable bonds is 7. The maximum atomic E-state index is 13.2. The number of amides is 1. The number of carbonyl (C=O) groups is 1. The first-order valence-corrected chi connectivity index (χ1v) is 12.2. The summed E-state index contributed by atoms with van der Waals surface area (Å²) in [5.41, 5.74) is 3.20. The van der Waals surface area contributed by atoms with Gasteiger partial charge >= 0.3 is 0 Å². The zero-order valence-corrected chi connectivity index (χ0v) is 20.2. The summed E-state index contributed by atoms with van der Waals surface area (Å²) in [7, 11) is 1.67. The molecule has 0 radical (unpaired) electrons. The predicted octanol–water partition coefficient (Wildman–Crippen LogP) is 5.42. The molecular formula is C29H31N3O3. The second-order valence-electron chi connectivity index (χ2n) is 8.80. The SMILES string of the molecule is CCN1CCN([C@H](c2ccc(OC)cc2)c2oc3ccccc3c2NC(=O)c2ccccc2)CC1. The summed E-state index contributed by atoms with van der Waals surface area (Å²) < 4.78 is 11.9. The van der Waals surface area contributed by atoms with E-state index in [-0.39, 0.29) is 11.9 Å². The lowest BCUT2D eigenvalue weighted by Gasteiger charge is -2.38. The van der Waals surface area contributed by atoms with Gasteiger partial charge in [0.05, 0.1) is 18.8 Å². The normalized spacial score (nSPS) is 15.7. The van der Waals surface area contributed by atoms with Crippen LogP contribution in [0.4, 0.5) is 5.69 Å². The first-order valence-electron chi connectivity index (χ1n) is 12.2. The fourth-order valence-electron chi connectivity index (χ4n) is 4.81. The Balaban J connectivity index is 1.60. The molecule has 0 bridgehead atoms. The molecule has 5 rings (SSSR count). The van der Waals surface area contributed by atoms with Gasteiger partial charge in [0, 0.05) is 37.1 Å². The fraction of sp³-hybridized carbons (Fsp3) is 0.276. The van der Waals surface area contributed by atoms with Crippen LogP contribution in [0.25, 0.3) is 11.0 Å². The van der Waals surface area contributed by atoms with Gasteiger partial charge in [0.15, 0.2) is 0 Å². The van der Waals surface area contributed by atoms with Crippen LogP contribution in [0.3, 0.4) is 0 Å². The number of fused-ring (bicyclic) bond motifs is 1. The molecule has 6 heteroatoms. The lowest BCUT2D eigenvalue weighted by Crippen LogP contribution is -2.47. The molecule has 0 unspecified atom stereocenters. The largest absolute Gasteiger partial charge is 0.497 e. The average Bonchev–Trinajstić information content (AvgIpc) is 3.27.